The number of aliphatic hydroxyl groups excluding tert-OH is 1. The second-order valence-electron chi connectivity index (χ2n) is 3.56. The first-order valence-corrected chi connectivity index (χ1v) is 5.68. The fraction of sp³-hybridized carbons (Fsp3) is 0.385. The number of halogens is 1. The molecule has 0 aromatic heterocycles. The zero-order valence-corrected chi connectivity index (χ0v) is 10.2. The molecular weight excluding hydrogens is 222 g/mol. The van der Waals surface area contributed by atoms with E-state index in [1.807, 2.05) is 18.2 Å². The molecule has 1 aromatic rings. The summed E-state index contributed by atoms with van der Waals surface area (Å²) in [4.78, 5) is 2.09. The predicted molar refractivity (Wildman–Crippen MR) is 68.7 cm³/mol. The van der Waals surface area contributed by atoms with Crippen molar-refractivity contribution < 1.29 is 5.11 Å². The molecule has 1 aromatic carbocycles. The van der Waals surface area contributed by atoms with Gasteiger partial charge in [0, 0.05) is 17.3 Å². The highest BCUT2D eigenvalue weighted by Gasteiger charge is 2.06. The van der Waals surface area contributed by atoms with Crippen molar-refractivity contribution in [1.82, 2.24) is 0 Å². The van der Waals surface area contributed by atoms with Gasteiger partial charge >= 0.3 is 0 Å². The van der Waals surface area contributed by atoms with Crippen molar-refractivity contribution in [3.63, 3.8) is 0 Å². The fourth-order valence-electron chi connectivity index (χ4n) is 1.54. The van der Waals surface area contributed by atoms with E-state index in [0.717, 1.165) is 24.2 Å². The van der Waals surface area contributed by atoms with Gasteiger partial charge in [-0.2, -0.15) is 0 Å². The molecule has 1 N–H and O–H groups in total. The van der Waals surface area contributed by atoms with Crippen LogP contribution in [0.25, 0.3) is 0 Å². The number of aliphatic hydroxyl groups is 1. The highest BCUT2D eigenvalue weighted by Crippen LogP contribution is 2.23. The summed E-state index contributed by atoms with van der Waals surface area (Å²) in [5.74, 6) is 2.63. The third-order valence-corrected chi connectivity index (χ3v) is 2.70. The molecule has 0 aliphatic carbocycles. The lowest BCUT2D eigenvalue weighted by Crippen LogP contribution is -2.24. The zero-order chi connectivity index (χ0) is 12.0. The lowest BCUT2D eigenvalue weighted by atomic mass is 10.2. The minimum atomic E-state index is -0.0397. The molecule has 0 aliphatic rings. The highest BCUT2D eigenvalue weighted by molar-refractivity contribution is 6.31. The van der Waals surface area contributed by atoms with E-state index in [-0.39, 0.29) is 6.61 Å². The van der Waals surface area contributed by atoms with E-state index in [1.165, 1.54) is 0 Å². The minimum Gasteiger partial charge on any atom is -0.392 e. The molecule has 0 spiro atoms. The Labute approximate surface area is 102 Å². The first-order valence-electron chi connectivity index (χ1n) is 5.30. The van der Waals surface area contributed by atoms with Gasteiger partial charge in [-0.3, -0.25) is 0 Å². The third-order valence-electron chi connectivity index (χ3n) is 2.35. The summed E-state index contributed by atoms with van der Waals surface area (Å²) in [6, 6.07) is 5.61. The van der Waals surface area contributed by atoms with Crippen LogP contribution in [0.4, 0.5) is 5.69 Å². The number of hydrogen-bond acceptors (Lipinski definition) is 2. The van der Waals surface area contributed by atoms with Gasteiger partial charge in [0.05, 0.1) is 13.2 Å². The van der Waals surface area contributed by atoms with Crippen molar-refractivity contribution in [3.05, 3.63) is 28.8 Å². The summed E-state index contributed by atoms with van der Waals surface area (Å²) in [5.41, 5.74) is 1.74. The van der Waals surface area contributed by atoms with Crippen molar-refractivity contribution in [2.24, 2.45) is 0 Å². The predicted octanol–water partition coefficient (Wildman–Crippen LogP) is 2.68. The van der Waals surface area contributed by atoms with E-state index in [2.05, 4.69) is 17.7 Å². The standard InChI is InChI=1S/C13H16ClNO/c1-3-7-15(8-4-2)12-6-5-11(10-16)13(14)9-12/h1,5-6,9,16H,4,7-8,10H2,2H3. The van der Waals surface area contributed by atoms with E-state index in [4.69, 9.17) is 23.1 Å². The molecule has 86 valence electrons. The Hall–Kier alpha value is -1.17. The number of terminal acetylenes is 1. The Morgan fingerprint density at radius 2 is 2.25 bits per heavy atom. The summed E-state index contributed by atoms with van der Waals surface area (Å²) >= 11 is 6.04. The smallest absolute Gasteiger partial charge is 0.0791 e. The minimum absolute atomic E-state index is 0.0397. The maximum atomic E-state index is 9.02. The molecular formula is C13H16ClNO. The number of nitrogens with zero attached hydrogens (tertiary/aromatic N) is 1. The second-order valence-corrected chi connectivity index (χ2v) is 3.97. The zero-order valence-electron chi connectivity index (χ0n) is 9.41. The van der Waals surface area contributed by atoms with Crippen molar-refractivity contribution in [1.29, 1.82) is 0 Å². The van der Waals surface area contributed by atoms with Crippen molar-refractivity contribution in [3.8, 4) is 12.3 Å². The van der Waals surface area contributed by atoms with Gasteiger partial charge in [-0.1, -0.05) is 30.5 Å². The first-order chi connectivity index (χ1) is 7.72. The molecule has 1 rings (SSSR count). The lowest BCUT2D eigenvalue weighted by Gasteiger charge is -2.22. The average Bonchev–Trinajstić information content (AvgIpc) is 2.28. The van der Waals surface area contributed by atoms with Crippen LogP contribution in [0.1, 0.15) is 18.9 Å². The van der Waals surface area contributed by atoms with Gasteiger partial charge in [0.15, 0.2) is 0 Å². The fourth-order valence-corrected chi connectivity index (χ4v) is 1.78. The summed E-state index contributed by atoms with van der Waals surface area (Å²) in [7, 11) is 0. The lowest BCUT2D eigenvalue weighted by molar-refractivity contribution is 0.282. The molecule has 0 heterocycles. The summed E-state index contributed by atoms with van der Waals surface area (Å²) in [6.07, 6.45) is 6.36. The van der Waals surface area contributed by atoms with Crippen LogP contribution in [-0.4, -0.2) is 18.2 Å². The van der Waals surface area contributed by atoms with Gasteiger partial charge in [-0.25, -0.2) is 0 Å². The molecule has 0 bridgehead atoms. The Balaban J connectivity index is 2.93. The third kappa shape index (κ3) is 3.16. The summed E-state index contributed by atoms with van der Waals surface area (Å²) < 4.78 is 0. The van der Waals surface area contributed by atoms with Crippen molar-refractivity contribution in [2.75, 3.05) is 18.0 Å². The van der Waals surface area contributed by atoms with Crippen LogP contribution in [0.2, 0.25) is 5.02 Å². The van der Waals surface area contributed by atoms with Crippen LogP contribution in [0.3, 0.4) is 0 Å². The molecule has 0 amide bonds. The van der Waals surface area contributed by atoms with E-state index in [9.17, 15) is 0 Å². The Bertz CT molecular complexity index is 384. The van der Waals surface area contributed by atoms with Crippen molar-refractivity contribution >= 4 is 17.3 Å². The van der Waals surface area contributed by atoms with Crippen molar-refractivity contribution in [2.45, 2.75) is 20.0 Å². The Morgan fingerprint density at radius 1 is 1.50 bits per heavy atom. The molecule has 0 saturated heterocycles. The molecule has 0 fully saturated rings. The Kier molecular flexibility index (Phi) is 5.18. The highest BCUT2D eigenvalue weighted by atomic mass is 35.5. The van der Waals surface area contributed by atoms with Gasteiger partial charge in [-0.05, 0) is 24.1 Å². The van der Waals surface area contributed by atoms with Gasteiger partial charge in [0.1, 0.15) is 0 Å². The van der Waals surface area contributed by atoms with Crippen LogP contribution >= 0.6 is 11.6 Å². The molecule has 0 radical (unpaired) electrons. The SMILES string of the molecule is C#CCN(CCC)c1ccc(CO)c(Cl)c1. The van der Waals surface area contributed by atoms with E-state index >= 15 is 0 Å². The topological polar surface area (TPSA) is 23.5 Å². The van der Waals surface area contributed by atoms with Gasteiger partial charge in [-0.15, -0.1) is 6.42 Å². The molecule has 0 aliphatic heterocycles. The summed E-state index contributed by atoms with van der Waals surface area (Å²) in [6.45, 7) is 3.54. The van der Waals surface area contributed by atoms with E-state index in [1.54, 1.807) is 0 Å². The largest absolute Gasteiger partial charge is 0.392 e. The maximum absolute atomic E-state index is 9.02. The van der Waals surface area contributed by atoms with Crippen LogP contribution < -0.4 is 4.90 Å². The van der Waals surface area contributed by atoms with Gasteiger partial charge in [0.2, 0.25) is 0 Å². The average molecular weight is 238 g/mol. The number of rotatable bonds is 5. The molecule has 0 saturated carbocycles. The van der Waals surface area contributed by atoms with Crippen LogP contribution in [0.5, 0.6) is 0 Å². The molecule has 0 unspecified atom stereocenters. The monoisotopic (exact) mass is 237 g/mol. The van der Waals surface area contributed by atoms with E-state index in [0.29, 0.717) is 11.6 Å². The number of anilines is 1. The Morgan fingerprint density at radius 3 is 2.75 bits per heavy atom. The van der Waals surface area contributed by atoms with E-state index < -0.39 is 0 Å². The number of benzene rings is 1. The molecule has 2 nitrogen and oxygen atoms in total. The van der Waals surface area contributed by atoms with Crippen LogP contribution in [0, 0.1) is 12.3 Å². The maximum Gasteiger partial charge on any atom is 0.0791 e. The quantitative estimate of drug-likeness (QED) is 0.796. The van der Waals surface area contributed by atoms with Gasteiger partial charge < -0.3 is 10.0 Å². The summed E-state index contributed by atoms with van der Waals surface area (Å²) in [5, 5.41) is 9.61. The molecule has 16 heavy (non-hydrogen) atoms. The van der Waals surface area contributed by atoms with Crippen LogP contribution in [-0.2, 0) is 6.61 Å². The first kappa shape index (κ1) is 12.9. The second kappa shape index (κ2) is 6.42. The molecule has 3 heteroatoms. The number of hydrogen-bond donors (Lipinski definition) is 1. The normalized spacial score (nSPS) is 9.88. The van der Waals surface area contributed by atoms with Crippen LogP contribution in [0.15, 0.2) is 18.2 Å². The molecule has 0 atom stereocenters. The van der Waals surface area contributed by atoms with Gasteiger partial charge in [0.25, 0.3) is 0 Å².